The van der Waals surface area contributed by atoms with Crippen molar-refractivity contribution < 1.29 is 14.6 Å². The summed E-state index contributed by atoms with van der Waals surface area (Å²) in [6.45, 7) is 8.16. The van der Waals surface area contributed by atoms with Crippen molar-refractivity contribution in [3.05, 3.63) is 54.2 Å². The van der Waals surface area contributed by atoms with Gasteiger partial charge in [0.1, 0.15) is 6.73 Å². The van der Waals surface area contributed by atoms with Crippen molar-refractivity contribution in [2.75, 3.05) is 6.61 Å². The lowest BCUT2D eigenvalue weighted by molar-refractivity contribution is 0.0697. The van der Waals surface area contributed by atoms with E-state index in [-0.39, 0.29) is 5.56 Å². The molecule has 0 saturated heterocycles. The quantitative estimate of drug-likeness (QED) is 0.484. The van der Waals surface area contributed by atoms with Crippen LogP contribution in [0, 0.1) is 0 Å². The zero-order valence-electron chi connectivity index (χ0n) is 15.4. The van der Waals surface area contributed by atoms with Crippen LogP contribution >= 0.6 is 0 Å². The van der Waals surface area contributed by atoms with Gasteiger partial charge in [-0.05, 0) is 35.4 Å². The van der Waals surface area contributed by atoms with E-state index in [9.17, 15) is 9.90 Å². The van der Waals surface area contributed by atoms with Gasteiger partial charge in [-0.2, -0.15) is 5.10 Å². The summed E-state index contributed by atoms with van der Waals surface area (Å²) in [4.78, 5) is 11.2. The zero-order chi connectivity index (χ0) is 18.7. The van der Waals surface area contributed by atoms with E-state index in [0.717, 1.165) is 34.7 Å². The number of carboxylic acid groups (broad SMARTS) is 1. The monoisotopic (exact) mass is 368 g/mol. The van der Waals surface area contributed by atoms with Gasteiger partial charge in [0.2, 0.25) is 0 Å². The van der Waals surface area contributed by atoms with Gasteiger partial charge in [0.05, 0.1) is 17.3 Å². The van der Waals surface area contributed by atoms with Gasteiger partial charge in [0, 0.05) is 20.1 Å². The fourth-order valence-electron chi connectivity index (χ4n) is 2.71. The van der Waals surface area contributed by atoms with Gasteiger partial charge >= 0.3 is 5.97 Å². The minimum Gasteiger partial charge on any atom is -0.478 e. The molecule has 0 amide bonds. The molecular formula is C20H24N2O3Si. The normalized spacial score (nSPS) is 11.8. The predicted molar refractivity (Wildman–Crippen MR) is 106 cm³/mol. The number of benzene rings is 2. The summed E-state index contributed by atoms with van der Waals surface area (Å²) in [6, 6.07) is 14.1. The van der Waals surface area contributed by atoms with Crippen LogP contribution in [0.2, 0.25) is 25.7 Å². The minimum absolute atomic E-state index is 0.283. The fourth-order valence-corrected chi connectivity index (χ4v) is 3.47. The maximum atomic E-state index is 11.2. The third-order valence-electron chi connectivity index (χ3n) is 4.30. The highest BCUT2D eigenvalue weighted by atomic mass is 28.3. The van der Waals surface area contributed by atoms with E-state index >= 15 is 0 Å². The molecule has 6 heteroatoms. The Kier molecular flexibility index (Phi) is 5.25. The molecule has 2 aromatic carbocycles. The number of rotatable bonds is 7. The van der Waals surface area contributed by atoms with Gasteiger partial charge in [-0.25, -0.2) is 9.48 Å². The minimum atomic E-state index is -1.10. The molecule has 0 atom stereocenters. The van der Waals surface area contributed by atoms with Crippen LogP contribution in [0.25, 0.3) is 22.0 Å². The molecule has 0 fully saturated rings. The number of hydrogen-bond donors (Lipinski definition) is 1. The number of carboxylic acids is 1. The Hall–Kier alpha value is -2.44. The van der Waals surface area contributed by atoms with Gasteiger partial charge in [0.25, 0.3) is 0 Å². The molecular weight excluding hydrogens is 344 g/mol. The van der Waals surface area contributed by atoms with Gasteiger partial charge < -0.3 is 9.84 Å². The number of carbonyl (C=O) groups is 1. The fraction of sp³-hybridized carbons (Fsp3) is 0.300. The predicted octanol–water partition coefficient (Wildman–Crippen LogP) is 4.71. The highest BCUT2D eigenvalue weighted by molar-refractivity contribution is 6.76. The largest absolute Gasteiger partial charge is 0.478 e. The van der Waals surface area contributed by atoms with Crippen LogP contribution in [0.3, 0.4) is 0 Å². The Bertz CT molecular complexity index is 928. The van der Waals surface area contributed by atoms with Crippen molar-refractivity contribution in [1.29, 1.82) is 0 Å². The first-order valence-corrected chi connectivity index (χ1v) is 12.4. The van der Waals surface area contributed by atoms with Crippen LogP contribution < -0.4 is 0 Å². The number of hydrogen-bond acceptors (Lipinski definition) is 3. The van der Waals surface area contributed by atoms with E-state index in [0.29, 0.717) is 6.73 Å². The van der Waals surface area contributed by atoms with Crippen molar-refractivity contribution in [3.8, 4) is 11.1 Å². The Labute approximate surface area is 154 Å². The average Bonchev–Trinajstić information content (AvgIpc) is 3.00. The molecule has 1 N–H and O–H groups in total. The molecule has 136 valence electrons. The van der Waals surface area contributed by atoms with Gasteiger partial charge in [-0.15, -0.1) is 0 Å². The molecule has 0 aliphatic heterocycles. The van der Waals surface area contributed by atoms with E-state index in [1.54, 1.807) is 18.2 Å². The highest BCUT2D eigenvalue weighted by Gasteiger charge is 2.12. The first kappa shape index (κ1) is 18.4. The Morgan fingerprint density at radius 2 is 1.92 bits per heavy atom. The van der Waals surface area contributed by atoms with E-state index < -0.39 is 14.0 Å². The summed E-state index contributed by atoms with van der Waals surface area (Å²) in [6.07, 6.45) is 1.83. The first-order chi connectivity index (χ1) is 12.3. The standard InChI is InChI=1S/C20H24N2O3Si/c1-26(2,3)10-9-25-14-22-19-12-16(7-8-18(19)13-21-22)15-5-4-6-17(11-15)20(23)24/h4-8,11-13H,9-10,14H2,1-3H3,(H,23,24). The molecule has 3 aromatic rings. The second-order valence-corrected chi connectivity index (χ2v) is 13.3. The smallest absolute Gasteiger partial charge is 0.335 e. The number of ether oxygens (including phenoxy) is 1. The molecule has 1 heterocycles. The van der Waals surface area contributed by atoms with Crippen LogP contribution in [0.4, 0.5) is 0 Å². The number of fused-ring (bicyclic) bond motifs is 1. The van der Waals surface area contributed by atoms with Crippen LogP contribution in [0.1, 0.15) is 10.4 Å². The second-order valence-electron chi connectivity index (χ2n) is 7.65. The van der Waals surface area contributed by atoms with E-state index in [1.165, 1.54) is 0 Å². The molecule has 26 heavy (non-hydrogen) atoms. The van der Waals surface area contributed by atoms with Crippen LogP contribution in [-0.4, -0.2) is 35.5 Å². The molecule has 0 unspecified atom stereocenters. The van der Waals surface area contributed by atoms with Gasteiger partial charge in [-0.3, -0.25) is 0 Å². The Balaban J connectivity index is 1.82. The van der Waals surface area contributed by atoms with Crippen molar-refractivity contribution in [1.82, 2.24) is 9.78 Å². The summed E-state index contributed by atoms with van der Waals surface area (Å²) in [5.74, 6) is -0.922. The van der Waals surface area contributed by atoms with E-state index in [4.69, 9.17) is 4.74 Å². The Morgan fingerprint density at radius 1 is 1.15 bits per heavy atom. The van der Waals surface area contributed by atoms with Crippen molar-refractivity contribution in [2.45, 2.75) is 32.4 Å². The van der Waals surface area contributed by atoms with Crippen LogP contribution in [-0.2, 0) is 11.5 Å². The summed E-state index contributed by atoms with van der Waals surface area (Å²) >= 11 is 0. The SMILES string of the molecule is C[Si](C)(C)CCOCn1ncc2ccc(-c3cccc(C(=O)O)c3)cc21. The lowest BCUT2D eigenvalue weighted by Crippen LogP contribution is -2.22. The summed E-state index contributed by atoms with van der Waals surface area (Å²) in [5.41, 5.74) is 3.10. The molecule has 3 rings (SSSR count). The third-order valence-corrected chi connectivity index (χ3v) is 6.00. The second kappa shape index (κ2) is 7.43. The lowest BCUT2D eigenvalue weighted by atomic mass is 10.0. The van der Waals surface area contributed by atoms with Crippen LogP contribution in [0.15, 0.2) is 48.7 Å². The number of nitrogens with zero attached hydrogens (tertiary/aromatic N) is 2. The summed E-state index contributed by atoms with van der Waals surface area (Å²) < 4.78 is 7.67. The highest BCUT2D eigenvalue weighted by Crippen LogP contribution is 2.25. The van der Waals surface area contributed by atoms with E-state index in [2.05, 4.69) is 24.7 Å². The molecule has 0 bridgehead atoms. The molecule has 0 aliphatic rings. The maximum Gasteiger partial charge on any atom is 0.335 e. The molecule has 0 saturated carbocycles. The third kappa shape index (κ3) is 4.39. The Morgan fingerprint density at radius 3 is 2.65 bits per heavy atom. The zero-order valence-corrected chi connectivity index (χ0v) is 16.4. The number of aromatic nitrogens is 2. The number of aromatic carboxylic acids is 1. The molecule has 0 radical (unpaired) electrons. The van der Waals surface area contributed by atoms with Gasteiger partial charge in [-0.1, -0.05) is 43.9 Å². The van der Waals surface area contributed by atoms with Crippen molar-refractivity contribution in [2.24, 2.45) is 0 Å². The summed E-state index contributed by atoms with van der Waals surface area (Å²) in [7, 11) is -1.10. The van der Waals surface area contributed by atoms with Crippen molar-refractivity contribution in [3.63, 3.8) is 0 Å². The molecule has 1 aromatic heterocycles. The molecule has 0 spiro atoms. The first-order valence-electron chi connectivity index (χ1n) is 8.70. The molecule has 5 nitrogen and oxygen atoms in total. The molecule has 0 aliphatic carbocycles. The van der Waals surface area contributed by atoms with Crippen molar-refractivity contribution >= 4 is 24.9 Å². The van der Waals surface area contributed by atoms with Gasteiger partial charge in [0.15, 0.2) is 0 Å². The summed E-state index contributed by atoms with van der Waals surface area (Å²) in [5, 5.41) is 14.6. The maximum absolute atomic E-state index is 11.2. The average molecular weight is 369 g/mol. The van der Waals surface area contributed by atoms with Crippen LogP contribution in [0.5, 0.6) is 0 Å². The topological polar surface area (TPSA) is 64.4 Å². The lowest BCUT2D eigenvalue weighted by Gasteiger charge is -2.15. The van der Waals surface area contributed by atoms with E-state index in [1.807, 2.05) is 35.1 Å².